The third-order valence-corrected chi connectivity index (χ3v) is 4.83. The Balaban J connectivity index is 1.83. The smallest absolute Gasteiger partial charge is 0.227 e. The number of carbonyl (C=O) groups excluding carboxylic acids is 1. The van der Waals surface area contributed by atoms with Gasteiger partial charge >= 0.3 is 0 Å². The van der Waals surface area contributed by atoms with Gasteiger partial charge in [-0.2, -0.15) is 0 Å². The van der Waals surface area contributed by atoms with Crippen LogP contribution < -0.4 is 0 Å². The number of benzene rings is 1. The SMILES string of the molecule is CCC[C@@H]1CCCN(Cc2cn(C(C)=O)c3ccccc23)C1. The lowest BCUT2D eigenvalue weighted by molar-refractivity contribution is 0.0941. The van der Waals surface area contributed by atoms with Crippen molar-refractivity contribution in [2.24, 2.45) is 5.92 Å². The molecular weight excluding hydrogens is 272 g/mol. The second-order valence-corrected chi connectivity index (χ2v) is 6.59. The van der Waals surface area contributed by atoms with Gasteiger partial charge in [0.1, 0.15) is 0 Å². The molecule has 0 saturated carbocycles. The minimum atomic E-state index is 0.0879. The van der Waals surface area contributed by atoms with Crippen molar-refractivity contribution in [3.8, 4) is 0 Å². The number of nitrogens with zero attached hydrogens (tertiary/aromatic N) is 2. The topological polar surface area (TPSA) is 25.2 Å². The molecule has 0 radical (unpaired) electrons. The maximum Gasteiger partial charge on any atom is 0.227 e. The number of para-hydroxylation sites is 1. The molecule has 118 valence electrons. The summed E-state index contributed by atoms with van der Waals surface area (Å²) in [6.07, 6.45) is 7.33. The van der Waals surface area contributed by atoms with Gasteiger partial charge in [-0.3, -0.25) is 14.3 Å². The van der Waals surface area contributed by atoms with Crippen LogP contribution in [0.15, 0.2) is 30.5 Å². The molecule has 2 aromatic rings. The summed E-state index contributed by atoms with van der Waals surface area (Å²) >= 11 is 0. The number of hydrogen-bond donors (Lipinski definition) is 0. The van der Waals surface area contributed by atoms with Crippen molar-refractivity contribution in [3.63, 3.8) is 0 Å². The van der Waals surface area contributed by atoms with E-state index >= 15 is 0 Å². The summed E-state index contributed by atoms with van der Waals surface area (Å²) in [5.41, 5.74) is 2.31. The summed E-state index contributed by atoms with van der Waals surface area (Å²) in [4.78, 5) is 14.4. The van der Waals surface area contributed by atoms with Crippen LogP contribution in [0.2, 0.25) is 0 Å². The summed E-state index contributed by atoms with van der Waals surface area (Å²) in [6, 6.07) is 8.24. The van der Waals surface area contributed by atoms with E-state index in [4.69, 9.17) is 0 Å². The fourth-order valence-corrected chi connectivity index (χ4v) is 3.82. The monoisotopic (exact) mass is 298 g/mol. The molecule has 3 heteroatoms. The van der Waals surface area contributed by atoms with Crippen LogP contribution >= 0.6 is 0 Å². The zero-order valence-electron chi connectivity index (χ0n) is 13.7. The van der Waals surface area contributed by atoms with Gasteiger partial charge in [0.05, 0.1) is 5.52 Å². The van der Waals surface area contributed by atoms with Crippen LogP contribution in [0.1, 0.15) is 49.9 Å². The maximum atomic E-state index is 11.9. The molecule has 3 nitrogen and oxygen atoms in total. The molecule has 0 N–H and O–H groups in total. The van der Waals surface area contributed by atoms with Crippen LogP contribution in [-0.2, 0) is 6.54 Å². The summed E-state index contributed by atoms with van der Waals surface area (Å²) in [7, 11) is 0. The highest BCUT2D eigenvalue weighted by Crippen LogP contribution is 2.26. The van der Waals surface area contributed by atoms with E-state index < -0.39 is 0 Å². The van der Waals surface area contributed by atoms with Crippen molar-refractivity contribution in [2.45, 2.75) is 46.1 Å². The Morgan fingerprint density at radius 3 is 2.91 bits per heavy atom. The third-order valence-electron chi connectivity index (χ3n) is 4.83. The highest BCUT2D eigenvalue weighted by Gasteiger charge is 2.21. The van der Waals surface area contributed by atoms with Gasteiger partial charge in [0.2, 0.25) is 5.91 Å². The second kappa shape index (κ2) is 6.66. The van der Waals surface area contributed by atoms with Crippen LogP contribution in [0.25, 0.3) is 10.9 Å². The molecule has 22 heavy (non-hydrogen) atoms. The first-order chi connectivity index (χ1) is 10.7. The van der Waals surface area contributed by atoms with Gasteiger partial charge in [-0.05, 0) is 43.4 Å². The zero-order valence-corrected chi connectivity index (χ0v) is 13.7. The van der Waals surface area contributed by atoms with Crippen LogP contribution in [-0.4, -0.2) is 28.5 Å². The number of aromatic nitrogens is 1. The molecule has 1 aliphatic rings. The van der Waals surface area contributed by atoms with Gasteiger partial charge in [-0.25, -0.2) is 0 Å². The number of fused-ring (bicyclic) bond motifs is 1. The summed E-state index contributed by atoms with van der Waals surface area (Å²) in [6.45, 7) is 7.25. The average molecular weight is 298 g/mol. The molecular formula is C19H26N2O. The Kier molecular flexibility index (Phi) is 4.63. The number of carbonyl (C=O) groups is 1. The summed E-state index contributed by atoms with van der Waals surface area (Å²) in [5.74, 6) is 0.935. The predicted octanol–water partition coefficient (Wildman–Crippen LogP) is 4.31. The summed E-state index contributed by atoms with van der Waals surface area (Å²) < 4.78 is 1.79. The van der Waals surface area contributed by atoms with E-state index in [1.54, 1.807) is 11.5 Å². The highest BCUT2D eigenvalue weighted by atomic mass is 16.1. The minimum absolute atomic E-state index is 0.0879. The van der Waals surface area contributed by atoms with Gasteiger partial charge in [-0.15, -0.1) is 0 Å². The maximum absolute atomic E-state index is 11.9. The molecule has 0 bridgehead atoms. The van der Waals surface area contributed by atoms with Gasteiger partial charge in [0.15, 0.2) is 0 Å². The van der Waals surface area contributed by atoms with Crippen LogP contribution in [0, 0.1) is 5.92 Å². The molecule has 0 aliphatic carbocycles. The fraction of sp³-hybridized carbons (Fsp3) is 0.526. The lowest BCUT2D eigenvalue weighted by atomic mass is 9.93. The molecule has 1 aromatic heterocycles. The van der Waals surface area contributed by atoms with Crippen molar-refractivity contribution in [3.05, 3.63) is 36.0 Å². The van der Waals surface area contributed by atoms with Crippen molar-refractivity contribution >= 4 is 16.8 Å². The normalized spacial score (nSPS) is 19.6. The van der Waals surface area contributed by atoms with E-state index in [0.29, 0.717) is 0 Å². The molecule has 1 aliphatic heterocycles. The van der Waals surface area contributed by atoms with Crippen molar-refractivity contribution in [1.29, 1.82) is 0 Å². The molecule has 0 unspecified atom stereocenters. The molecule has 0 spiro atoms. The minimum Gasteiger partial charge on any atom is -0.299 e. The van der Waals surface area contributed by atoms with Crippen molar-refractivity contribution in [2.75, 3.05) is 13.1 Å². The van der Waals surface area contributed by atoms with Gasteiger partial charge < -0.3 is 0 Å². The van der Waals surface area contributed by atoms with Crippen molar-refractivity contribution in [1.82, 2.24) is 9.47 Å². The Labute approximate surface area is 132 Å². The van der Waals surface area contributed by atoms with Crippen molar-refractivity contribution < 1.29 is 4.79 Å². The highest BCUT2D eigenvalue weighted by molar-refractivity contribution is 5.93. The number of piperidine rings is 1. The predicted molar refractivity (Wildman–Crippen MR) is 91.1 cm³/mol. The molecule has 1 atom stereocenters. The van der Waals surface area contributed by atoms with E-state index in [0.717, 1.165) is 18.0 Å². The van der Waals surface area contributed by atoms with Gasteiger partial charge in [0, 0.05) is 31.6 Å². The molecule has 2 heterocycles. The summed E-state index contributed by atoms with van der Waals surface area (Å²) in [5, 5.41) is 1.22. The first kappa shape index (κ1) is 15.3. The first-order valence-corrected chi connectivity index (χ1v) is 8.51. The lowest BCUT2D eigenvalue weighted by Crippen LogP contribution is -2.34. The Bertz CT molecular complexity index is 656. The zero-order chi connectivity index (χ0) is 15.5. The molecule has 1 saturated heterocycles. The molecule has 1 aromatic carbocycles. The van der Waals surface area contributed by atoms with Gasteiger partial charge in [-0.1, -0.05) is 31.5 Å². The van der Waals surface area contributed by atoms with Crippen LogP contribution in [0.3, 0.4) is 0 Å². The number of likely N-dealkylation sites (tertiary alicyclic amines) is 1. The molecule has 0 amide bonds. The number of hydrogen-bond acceptors (Lipinski definition) is 2. The standard InChI is InChI=1S/C19H26N2O/c1-3-7-16-8-6-11-20(12-16)13-17-14-21(15(2)22)19-10-5-4-9-18(17)19/h4-5,9-10,14,16H,3,6-8,11-13H2,1-2H3/t16-/m1/s1. The Hall–Kier alpha value is -1.61. The Morgan fingerprint density at radius 2 is 2.14 bits per heavy atom. The largest absolute Gasteiger partial charge is 0.299 e. The molecule has 3 rings (SSSR count). The Morgan fingerprint density at radius 1 is 1.32 bits per heavy atom. The van der Waals surface area contributed by atoms with E-state index in [1.807, 2.05) is 18.3 Å². The van der Waals surface area contributed by atoms with E-state index in [2.05, 4.69) is 24.0 Å². The molecule has 1 fully saturated rings. The average Bonchev–Trinajstić information content (AvgIpc) is 2.87. The fourth-order valence-electron chi connectivity index (χ4n) is 3.82. The van der Waals surface area contributed by atoms with E-state index in [-0.39, 0.29) is 5.91 Å². The van der Waals surface area contributed by atoms with Crippen LogP contribution in [0.4, 0.5) is 0 Å². The van der Waals surface area contributed by atoms with E-state index in [9.17, 15) is 4.79 Å². The lowest BCUT2D eigenvalue weighted by Gasteiger charge is -2.32. The number of rotatable bonds is 4. The van der Waals surface area contributed by atoms with Crippen LogP contribution in [0.5, 0.6) is 0 Å². The quantitative estimate of drug-likeness (QED) is 0.840. The van der Waals surface area contributed by atoms with Gasteiger partial charge in [0.25, 0.3) is 0 Å². The third kappa shape index (κ3) is 3.09. The first-order valence-electron chi connectivity index (χ1n) is 8.51. The van der Waals surface area contributed by atoms with E-state index in [1.165, 1.54) is 49.7 Å². The second-order valence-electron chi connectivity index (χ2n) is 6.59.